The minimum Gasteiger partial charge on any atom is -0.461 e. The summed E-state index contributed by atoms with van der Waals surface area (Å²) < 4.78 is 6.31. The molecule has 0 heterocycles. The molecule has 2 atom stereocenters. The summed E-state index contributed by atoms with van der Waals surface area (Å²) >= 11 is 3.36. The second-order valence-corrected chi connectivity index (χ2v) is 5.42. The van der Waals surface area contributed by atoms with Crippen molar-refractivity contribution in [3.63, 3.8) is 0 Å². The van der Waals surface area contributed by atoms with Crippen LogP contribution in [0, 0.1) is 5.92 Å². The molecule has 0 saturated heterocycles. The molecule has 1 aliphatic carbocycles. The number of ether oxygens (including phenoxy) is 1. The van der Waals surface area contributed by atoms with E-state index in [2.05, 4.69) is 15.9 Å². The maximum Gasteiger partial charge on any atom is 0.309 e. The van der Waals surface area contributed by atoms with Gasteiger partial charge in [-0.1, -0.05) is 28.1 Å². The molecule has 0 amide bonds. The van der Waals surface area contributed by atoms with Crippen LogP contribution in [0.25, 0.3) is 0 Å². The highest BCUT2D eigenvalue weighted by atomic mass is 79.9. The fourth-order valence-corrected chi connectivity index (χ4v) is 2.35. The first kappa shape index (κ1) is 12.6. The van der Waals surface area contributed by atoms with Crippen LogP contribution in [0.3, 0.4) is 0 Å². The van der Waals surface area contributed by atoms with Crippen molar-refractivity contribution in [2.24, 2.45) is 11.7 Å². The molecular weight excluding hydrogens is 282 g/mol. The number of hydrogen-bond donors (Lipinski definition) is 1. The lowest BCUT2D eigenvalue weighted by Gasteiger charge is -2.10. The van der Waals surface area contributed by atoms with E-state index < -0.39 is 0 Å². The van der Waals surface area contributed by atoms with Gasteiger partial charge in [-0.15, -0.1) is 0 Å². The number of hydrogen-bond acceptors (Lipinski definition) is 3. The third-order valence-corrected chi connectivity index (χ3v) is 3.63. The van der Waals surface area contributed by atoms with Gasteiger partial charge in [0.15, 0.2) is 0 Å². The normalized spacial score (nSPS) is 23.6. The van der Waals surface area contributed by atoms with Gasteiger partial charge in [-0.3, -0.25) is 4.79 Å². The molecule has 0 bridgehead atoms. The molecule has 17 heavy (non-hydrogen) atoms. The number of carbonyl (C=O) groups is 1. The molecule has 3 nitrogen and oxygen atoms in total. The maximum absolute atomic E-state index is 11.7. The molecule has 0 spiro atoms. The molecular formula is C13H16BrNO2. The standard InChI is InChI=1S/C13H16BrNO2/c14-11-4-1-9(2-5-11)8-17-13(16)10-3-6-12(15)7-10/h1-2,4-5,10,12H,3,6-8,15H2/t10-,12+/m1/s1. The monoisotopic (exact) mass is 297 g/mol. The summed E-state index contributed by atoms with van der Waals surface area (Å²) in [5.74, 6) is -0.110. The molecule has 0 unspecified atom stereocenters. The zero-order valence-electron chi connectivity index (χ0n) is 9.56. The Kier molecular flexibility index (Phi) is 4.18. The van der Waals surface area contributed by atoms with Crippen LogP contribution in [0.5, 0.6) is 0 Å². The van der Waals surface area contributed by atoms with E-state index in [1.54, 1.807) is 0 Å². The van der Waals surface area contributed by atoms with Crippen LogP contribution in [0.15, 0.2) is 28.7 Å². The van der Waals surface area contributed by atoms with Crippen LogP contribution >= 0.6 is 15.9 Å². The smallest absolute Gasteiger partial charge is 0.309 e. The summed E-state index contributed by atoms with van der Waals surface area (Å²) in [5, 5.41) is 0. The fraction of sp³-hybridized carbons (Fsp3) is 0.462. The largest absolute Gasteiger partial charge is 0.461 e. The Hall–Kier alpha value is -0.870. The first-order valence-corrected chi connectivity index (χ1v) is 6.61. The minimum atomic E-state index is -0.110. The van der Waals surface area contributed by atoms with E-state index in [0.717, 1.165) is 29.3 Å². The molecule has 4 heteroatoms. The number of rotatable bonds is 3. The van der Waals surface area contributed by atoms with E-state index in [1.165, 1.54) is 0 Å². The van der Waals surface area contributed by atoms with Gasteiger partial charge in [0, 0.05) is 10.5 Å². The molecule has 0 radical (unpaired) electrons. The van der Waals surface area contributed by atoms with Crippen molar-refractivity contribution in [1.29, 1.82) is 0 Å². The average molecular weight is 298 g/mol. The summed E-state index contributed by atoms with van der Waals surface area (Å²) in [6.07, 6.45) is 2.55. The summed E-state index contributed by atoms with van der Waals surface area (Å²) in [6.45, 7) is 0.345. The van der Waals surface area contributed by atoms with Gasteiger partial charge in [0.25, 0.3) is 0 Å². The van der Waals surface area contributed by atoms with Crippen molar-refractivity contribution in [1.82, 2.24) is 0 Å². The molecule has 1 fully saturated rings. The molecule has 2 N–H and O–H groups in total. The van der Waals surface area contributed by atoms with Crippen LogP contribution in [0.1, 0.15) is 24.8 Å². The van der Waals surface area contributed by atoms with Gasteiger partial charge < -0.3 is 10.5 Å². The lowest BCUT2D eigenvalue weighted by Crippen LogP contribution is -2.19. The van der Waals surface area contributed by atoms with Crippen LogP contribution in [0.4, 0.5) is 0 Å². The number of nitrogens with two attached hydrogens (primary N) is 1. The van der Waals surface area contributed by atoms with Crippen molar-refractivity contribution in [2.45, 2.75) is 31.9 Å². The van der Waals surface area contributed by atoms with Gasteiger partial charge in [-0.25, -0.2) is 0 Å². The zero-order chi connectivity index (χ0) is 12.3. The van der Waals surface area contributed by atoms with Crippen molar-refractivity contribution in [2.75, 3.05) is 0 Å². The third-order valence-electron chi connectivity index (χ3n) is 3.10. The van der Waals surface area contributed by atoms with Crippen LogP contribution in [-0.2, 0) is 16.1 Å². The van der Waals surface area contributed by atoms with Crippen molar-refractivity contribution >= 4 is 21.9 Å². The van der Waals surface area contributed by atoms with E-state index in [-0.39, 0.29) is 17.9 Å². The molecule has 0 aromatic heterocycles. The molecule has 92 valence electrons. The highest BCUT2D eigenvalue weighted by Crippen LogP contribution is 2.25. The predicted octanol–water partition coefficient (Wildman–Crippen LogP) is 2.62. The van der Waals surface area contributed by atoms with Crippen molar-refractivity contribution < 1.29 is 9.53 Å². The quantitative estimate of drug-likeness (QED) is 0.873. The van der Waals surface area contributed by atoms with E-state index in [1.807, 2.05) is 24.3 Å². The minimum absolute atomic E-state index is 0.000415. The molecule has 1 aliphatic rings. The Bertz CT molecular complexity index is 391. The molecule has 2 rings (SSSR count). The number of halogens is 1. The van der Waals surface area contributed by atoms with E-state index in [4.69, 9.17) is 10.5 Å². The molecule has 1 aromatic carbocycles. The molecule has 1 aromatic rings. The average Bonchev–Trinajstić information content (AvgIpc) is 2.75. The number of esters is 1. The van der Waals surface area contributed by atoms with E-state index in [9.17, 15) is 4.79 Å². The van der Waals surface area contributed by atoms with Gasteiger partial charge in [-0.2, -0.15) is 0 Å². The Morgan fingerprint density at radius 2 is 2.06 bits per heavy atom. The van der Waals surface area contributed by atoms with Crippen molar-refractivity contribution in [3.8, 4) is 0 Å². The first-order valence-electron chi connectivity index (χ1n) is 5.82. The highest BCUT2D eigenvalue weighted by Gasteiger charge is 2.28. The van der Waals surface area contributed by atoms with Crippen molar-refractivity contribution in [3.05, 3.63) is 34.3 Å². The molecule has 1 saturated carbocycles. The van der Waals surface area contributed by atoms with E-state index in [0.29, 0.717) is 6.61 Å². The van der Waals surface area contributed by atoms with Crippen LogP contribution in [0.2, 0.25) is 0 Å². The van der Waals surface area contributed by atoms with Gasteiger partial charge in [-0.05, 0) is 37.0 Å². The maximum atomic E-state index is 11.7. The summed E-state index contributed by atoms with van der Waals surface area (Å²) in [7, 11) is 0. The van der Waals surface area contributed by atoms with E-state index >= 15 is 0 Å². The first-order chi connectivity index (χ1) is 8.15. The third kappa shape index (κ3) is 3.54. The summed E-state index contributed by atoms with van der Waals surface area (Å²) in [4.78, 5) is 11.7. The van der Waals surface area contributed by atoms with Gasteiger partial charge in [0.05, 0.1) is 5.92 Å². The van der Waals surface area contributed by atoms with Crippen LogP contribution < -0.4 is 5.73 Å². The highest BCUT2D eigenvalue weighted by molar-refractivity contribution is 9.10. The lowest BCUT2D eigenvalue weighted by atomic mass is 10.1. The van der Waals surface area contributed by atoms with Crippen LogP contribution in [-0.4, -0.2) is 12.0 Å². The van der Waals surface area contributed by atoms with Gasteiger partial charge in [0.2, 0.25) is 0 Å². The van der Waals surface area contributed by atoms with Gasteiger partial charge >= 0.3 is 5.97 Å². The molecule has 0 aliphatic heterocycles. The predicted molar refractivity (Wildman–Crippen MR) is 69.3 cm³/mol. The second kappa shape index (κ2) is 5.65. The Labute approximate surface area is 109 Å². The number of carbonyl (C=O) groups excluding carboxylic acids is 1. The second-order valence-electron chi connectivity index (χ2n) is 4.50. The Balaban J connectivity index is 1.82. The Morgan fingerprint density at radius 3 is 2.65 bits per heavy atom. The summed E-state index contributed by atoms with van der Waals surface area (Å²) in [5.41, 5.74) is 6.78. The zero-order valence-corrected chi connectivity index (χ0v) is 11.2. The fourth-order valence-electron chi connectivity index (χ4n) is 2.08. The SMILES string of the molecule is N[C@H]1CC[C@@H](C(=O)OCc2ccc(Br)cc2)C1. The summed E-state index contributed by atoms with van der Waals surface area (Å²) in [6, 6.07) is 7.93. The van der Waals surface area contributed by atoms with Gasteiger partial charge in [0.1, 0.15) is 6.61 Å². The topological polar surface area (TPSA) is 52.3 Å². The lowest BCUT2D eigenvalue weighted by molar-refractivity contribution is -0.149. The number of benzene rings is 1. The Morgan fingerprint density at radius 1 is 1.35 bits per heavy atom.